The van der Waals surface area contributed by atoms with E-state index in [0.717, 1.165) is 60.6 Å². The minimum Gasteiger partial charge on any atom is -0.496 e. The Labute approximate surface area is 249 Å². The van der Waals surface area contributed by atoms with Crippen LogP contribution in [0.1, 0.15) is 48.9 Å². The van der Waals surface area contributed by atoms with E-state index in [0.29, 0.717) is 18.7 Å². The number of hydrogen-bond donors (Lipinski definition) is 1. The summed E-state index contributed by atoms with van der Waals surface area (Å²) in [6.45, 7) is 4.05. The van der Waals surface area contributed by atoms with Crippen molar-refractivity contribution < 1.29 is 32.2 Å². The van der Waals surface area contributed by atoms with Gasteiger partial charge in [-0.3, -0.25) is 9.69 Å². The number of likely N-dealkylation sites (tertiary alicyclic amines) is 1. The summed E-state index contributed by atoms with van der Waals surface area (Å²) in [6, 6.07) is 16.8. The highest BCUT2D eigenvalue weighted by Crippen LogP contribution is 2.45. The highest BCUT2D eigenvalue weighted by Gasteiger charge is 2.41. The van der Waals surface area contributed by atoms with Gasteiger partial charge in [-0.1, -0.05) is 42.5 Å². The van der Waals surface area contributed by atoms with E-state index in [1.807, 2.05) is 24.3 Å². The van der Waals surface area contributed by atoms with Gasteiger partial charge in [-0.15, -0.1) is 0 Å². The standard InChI is InChI=1S/C33H36F3N3O4/c1-22-31(23-9-12-27(35)28(36)19-23)39(30(40)21-43-22)32(41)37-15-6-16-38-17-13-33(14-18-38,24-7-4-3-5-8-24)26-11-10-25(34)20-29(26)42-2/h3-5,7-12,19-20,22,31H,6,13-18,21H2,1-2H3,(H,37,41). The van der Waals surface area contributed by atoms with Gasteiger partial charge >= 0.3 is 6.03 Å². The zero-order chi connectivity index (χ0) is 30.6. The van der Waals surface area contributed by atoms with Crippen molar-refractivity contribution in [2.75, 3.05) is 39.9 Å². The first kappa shape index (κ1) is 30.6. The summed E-state index contributed by atoms with van der Waals surface area (Å²) >= 11 is 0. The SMILES string of the molecule is COc1cc(F)ccc1C1(c2ccccc2)CCN(CCCNC(=O)N2C(=O)COC(C)C2c2ccc(F)c(F)c2)CC1. The number of carbonyl (C=O) groups is 2. The number of carbonyl (C=O) groups excluding carboxylic acids is 2. The molecule has 2 aliphatic heterocycles. The number of benzene rings is 3. The van der Waals surface area contributed by atoms with Crippen LogP contribution in [0, 0.1) is 17.5 Å². The topological polar surface area (TPSA) is 71.1 Å². The number of urea groups is 1. The van der Waals surface area contributed by atoms with Crippen molar-refractivity contribution >= 4 is 11.9 Å². The Kier molecular flexibility index (Phi) is 9.37. The van der Waals surface area contributed by atoms with E-state index in [9.17, 15) is 22.8 Å². The van der Waals surface area contributed by atoms with E-state index in [2.05, 4.69) is 22.3 Å². The first-order valence-corrected chi connectivity index (χ1v) is 14.5. The molecule has 1 N–H and O–H groups in total. The molecule has 2 saturated heterocycles. The fourth-order valence-corrected chi connectivity index (χ4v) is 6.36. The van der Waals surface area contributed by atoms with E-state index in [-0.39, 0.29) is 23.4 Å². The molecule has 0 aromatic heterocycles. The van der Waals surface area contributed by atoms with E-state index >= 15 is 0 Å². The highest BCUT2D eigenvalue weighted by atomic mass is 19.2. The Morgan fingerprint density at radius 1 is 1.02 bits per heavy atom. The monoisotopic (exact) mass is 595 g/mol. The van der Waals surface area contributed by atoms with Crippen molar-refractivity contribution in [2.45, 2.75) is 43.7 Å². The number of halogens is 3. The molecule has 0 radical (unpaired) electrons. The quantitative estimate of drug-likeness (QED) is 0.344. The molecule has 2 aliphatic rings. The van der Waals surface area contributed by atoms with Gasteiger partial charge < -0.3 is 19.7 Å². The van der Waals surface area contributed by atoms with Gasteiger partial charge in [0.05, 0.1) is 19.3 Å². The molecule has 0 saturated carbocycles. The van der Waals surface area contributed by atoms with E-state index in [4.69, 9.17) is 9.47 Å². The average molecular weight is 596 g/mol. The van der Waals surface area contributed by atoms with Crippen LogP contribution >= 0.6 is 0 Å². The predicted molar refractivity (Wildman–Crippen MR) is 155 cm³/mol. The van der Waals surface area contributed by atoms with Crippen LogP contribution < -0.4 is 10.1 Å². The number of morpholine rings is 1. The number of ether oxygens (including phenoxy) is 2. The van der Waals surface area contributed by atoms with Crippen LogP contribution in [0.4, 0.5) is 18.0 Å². The van der Waals surface area contributed by atoms with Crippen molar-refractivity contribution in [3.63, 3.8) is 0 Å². The lowest BCUT2D eigenvalue weighted by Crippen LogP contribution is -2.54. The second-order valence-corrected chi connectivity index (χ2v) is 11.1. The van der Waals surface area contributed by atoms with Crippen LogP contribution in [-0.4, -0.2) is 67.7 Å². The predicted octanol–water partition coefficient (Wildman–Crippen LogP) is 5.58. The third-order valence-electron chi connectivity index (χ3n) is 8.61. The number of imide groups is 1. The summed E-state index contributed by atoms with van der Waals surface area (Å²) in [7, 11) is 1.56. The van der Waals surface area contributed by atoms with Crippen molar-refractivity contribution in [3.05, 3.63) is 101 Å². The van der Waals surface area contributed by atoms with E-state index < -0.39 is 35.7 Å². The van der Waals surface area contributed by atoms with Crippen LogP contribution in [0.3, 0.4) is 0 Å². The molecule has 2 fully saturated rings. The maximum atomic E-state index is 14.0. The largest absolute Gasteiger partial charge is 0.496 e. The van der Waals surface area contributed by atoms with Crippen molar-refractivity contribution in [3.8, 4) is 5.75 Å². The van der Waals surface area contributed by atoms with Crippen molar-refractivity contribution in [1.82, 2.24) is 15.1 Å². The maximum absolute atomic E-state index is 14.0. The number of piperidine rings is 1. The van der Waals surface area contributed by atoms with Gasteiger partial charge in [0, 0.05) is 23.6 Å². The van der Waals surface area contributed by atoms with Gasteiger partial charge in [0.25, 0.3) is 5.91 Å². The molecule has 3 amide bonds. The van der Waals surface area contributed by atoms with E-state index in [1.54, 1.807) is 14.0 Å². The molecule has 10 heteroatoms. The highest BCUT2D eigenvalue weighted by molar-refractivity contribution is 5.96. The van der Waals surface area contributed by atoms with Crippen LogP contribution in [0.5, 0.6) is 5.75 Å². The number of rotatable bonds is 8. The Morgan fingerprint density at radius 3 is 2.47 bits per heavy atom. The lowest BCUT2D eigenvalue weighted by Gasteiger charge is -2.43. The number of nitrogens with one attached hydrogen (secondary N) is 1. The minimum absolute atomic E-state index is 0.273. The third kappa shape index (κ3) is 6.40. The van der Waals surface area contributed by atoms with Gasteiger partial charge in [-0.25, -0.2) is 18.0 Å². The van der Waals surface area contributed by atoms with E-state index in [1.165, 1.54) is 18.2 Å². The second kappa shape index (κ2) is 13.2. The molecule has 2 heterocycles. The Balaban J connectivity index is 1.20. The summed E-state index contributed by atoms with van der Waals surface area (Å²) < 4.78 is 52.6. The molecule has 2 unspecified atom stereocenters. The molecule has 5 rings (SSSR count). The van der Waals surface area contributed by atoms with Crippen LogP contribution in [0.25, 0.3) is 0 Å². The van der Waals surface area contributed by atoms with Gasteiger partial charge in [0.15, 0.2) is 11.6 Å². The molecule has 0 bridgehead atoms. The smallest absolute Gasteiger partial charge is 0.324 e. The molecular weight excluding hydrogens is 559 g/mol. The number of amides is 3. The molecule has 3 aromatic carbocycles. The Morgan fingerprint density at radius 2 is 1.77 bits per heavy atom. The third-order valence-corrected chi connectivity index (χ3v) is 8.61. The lowest BCUT2D eigenvalue weighted by atomic mass is 9.67. The molecular formula is C33H36F3N3O4. The minimum atomic E-state index is -1.06. The zero-order valence-electron chi connectivity index (χ0n) is 24.3. The van der Waals surface area contributed by atoms with Crippen LogP contribution in [-0.2, 0) is 14.9 Å². The normalized spacial score (nSPS) is 20.6. The summed E-state index contributed by atoms with van der Waals surface area (Å²) in [4.78, 5) is 29.2. The molecule has 3 aromatic rings. The summed E-state index contributed by atoms with van der Waals surface area (Å²) in [5.41, 5.74) is 2.08. The first-order valence-electron chi connectivity index (χ1n) is 14.5. The zero-order valence-corrected chi connectivity index (χ0v) is 24.3. The molecule has 43 heavy (non-hydrogen) atoms. The average Bonchev–Trinajstić information content (AvgIpc) is 3.02. The van der Waals surface area contributed by atoms with Crippen molar-refractivity contribution in [2.24, 2.45) is 0 Å². The van der Waals surface area contributed by atoms with Gasteiger partial charge in [-0.2, -0.15) is 0 Å². The lowest BCUT2D eigenvalue weighted by molar-refractivity contribution is -0.150. The van der Waals surface area contributed by atoms with Crippen molar-refractivity contribution in [1.29, 1.82) is 0 Å². The Bertz CT molecular complexity index is 1450. The molecule has 0 spiro atoms. The van der Waals surface area contributed by atoms with Gasteiger partial charge in [0.2, 0.25) is 0 Å². The van der Waals surface area contributed by atoms with Gasteiger partial charge in [-0.05, 0) is 75.1 Å². The Hall–Kier alpha value is -3.89. The second-order valence-electron chi connectivity index (χ2n) is 11.1. The fraction of sp³-hybridized carbons (Fsp3) is 0.394. The summed E-state index contributed by atoms with van der Waals surface area (Å²) in [5, 5.41) is 2.82. The van der Waals surface area contributed by atoms with Crippen LogP contribution in [0.15, 0.2) is 66.7 Å². The van der Waals surface area contributed by atoms with Crippen LogP contribution in [0.2, 0.25) is 0 Å². The molecule has 228 valence electrons. The van der Waals surface area contributed by atoms with Gasteiger partial charge in [0.1, 0.15) is 18.2 Å². The fourth-order valence-electron chi connectivity index (χ4n) is 6.36. The first-order chi connectivity index (χ1) is 20.7. The number of nitrogens with zero attached hydrogens (tertiary/aromatic N) is 2. The summed E-state index contributed by atoms with van der Waals surface area (Å²) in [6.07, 6.45) is 1.67. The number of methoxy groups -OCH3 is 1. The molecule has 0 aliphatic carbocycles. The number of hydrogen-bond acceptors (Lipinski definition) is 5. The molecule has 2 atom stereocenters. The molecule has 7 nitrogen and oxygen atoms in total. The summed E-state index contributed by atoms with van der Waals surface area (Å²) in [5.74, 6) is -2.42. The maximum Gasteiger partial charge on any atom is 0.324 e.